The number of benzene rings is 1. The molecule has 0 bridgehead atoms. The lowest BCUT2D eigenvalue weighted by Gasteiger charge is -2.06. The van der Waals surface area contributed by atoms with E-state index in [-0.39, 0.29) is 17.4 Å². The number of methoxy groups -OCH3 is 1. The molecule has 0 fully saturated rings. The zero-order valence-corrected chi connectivity index (χ0v) is 16.3. The van der Waals surface area contributed by atoms with Crippen molar-refractivity contribution in [1.82, 2.24) is 15.4 Å². The number of nitrogens with one attached hydrogen (secondary N) is 1. The van der Waals surface area contributed by atoms with Crippen LogP contribution in [0.15, 0.2) is 32.9 Å². The molecule has 2 N–H and O–H groups in total. The van der Waals surface area contributed by atoms with E-state index in [4.69, 9.17) is 4.74 Å². The van der Waals surface area contributed by atoms with E-state index in [0.29, 0.717) is 16.5 Å². The van der Waals surface area contributed by atoms with Crippen molar-refractivity contribution >= 4 is 39.8 Å². The van der Waals surface area contributed by atoms with Crippen molar-refractivity contribution in [1.29, 1.82) is 0 Å². The summed E-state index contributed by atoms with van der Waals surface area (Å²) in [7, 11) is 1.45. The number of nitrogens with zero attached hydrogens (tertiary/aromatic N) is 3. The Morgan fingerprint density at radius 1 is 1.36 bits per heavy atom. The number of hydrogen-bond acceptors (Lipinski definition) is 7. The largest absolute Gasteiger partial charge is 0.504 e. The van der Waals surface area contributed by atoms with Crippen molar-refractivity contribution in [3.63, 3.8) is 0 Å². The standard InChI is InChI=1S/C16H17BrN4O3S/c1-9-4-10(2)20-16(19-9)25-8-14(22)21-18-7-11-5-12(17)6-13(24-3)15(11)23/h4-7,23H,8H2,1-3H3,(H,21,22)/b18-7-. The van der Waals surface area contributed by atoms with Gasteiger partial charge in [-0.3, -0.25) is 4.79 Å². The number of carbonyl (C=O) groups is 1. The Balaban J connectivity index is 1.93. The summed E-state index contributed by atoms with van der Waals surface area (Å²) in [5, 5.41) is 14.4. The van der Waals surface area contributed by atoms with Crippen LogP contribution in [0.4, 0.5) is 0 Å². The number of amides is 1. The molecule has 0 atom stereocenters. The number of hydrogen-bond donors (Lipinski definition) is 2. The van der Waals surface area contributed by atoms with E-state index in [1.807, 2.05) is 19.9 Å². The van der Waals surface area contributed by atoms with Gasteiger partial charge in [0.15, 0.2) is 16.7 Å². The van der Waals surface area contributed by atoms with Gasteiger partial charge in [0, 0.05) is 21.4 Å². The number of rotatable bonds is 6. The zero-order valence-electron chi connectivity index (χ0n) is 13.9. The second-order valence-electron chi connectivity index (χ2n) is 5.06. The van der Waals surface area contributed by atoms with Crippen LogP contribution in [0, 0.1) is 13.8 Å². The number of phenolic OH excluding ortho intramolecular Hbond substituents is 1. The molecule has 0 saturated carbocycles. The fraction of sp³-hybridized carbons (Fsp3) is 0.250. The fourth-order valence-electron chi connectivity index (χ4n) is 1.94. The summed E-state index contributed by atoms with van der Waals surface area (Å²) in [4.78, 5) is 20.4. The number of carbonyl (C=O) groups excluding carboxylic acids is 1. The van der Waals surface area contributed by atoms with Crippen LogP contribution in [0.5, 0.6) is 11.5 Å². The third-order valence-corrected chi connectivity index (χ3v) is 4.28. The Kier molecular flexibility index (Phi) is 6.77. The van der Waals surface area contributed by atoms with Gasteiger partial charge in [-0.1, -0.05) is 27.7 Å². The molecule has 1 amide bonds. The van der Waals surface area contributed by atoms with Gasteiger partial charge in [-0.25, -0.2) is 15.4 Å². The topological polar surface area (TPSA) is 96.7 Å². The van der Waals surface area contributed by atoms with Crippen molar-refractivity contribution in [3.05, 3.63) is 39.6 Å². The summed E-state index contributed by atoms with van der Waals surface area (Å²) in [6, 6.07) is 5.16. The Morgan fingerprint density at radius 3 is 2.68 bits per heavy atom. The van der Waals surface area contributed by atoms with E-state index in [1.54, 1.807) is 12.1 Å². The number of phenols is 1. The molecular weight excluding hydrogens is 408 g/mol. The van der Waals surface area contributed by atoms with Crippen LogP contribution in [0.25, 0.3) is 0 Å². The Labute approximate surface area is 158 Å². The molecule has 7 nitrogen and oxygen atoms in total. The lowest BCUT2D eigenvalue weighted by atomic mass is 10.2. The summed E-state index contributed by atoms with van der Waals surface area (Å²) < 4.78 is 5.77. The lowest BCUT2D eigenvalue weighted by Crippen LogP contribution is -2.19. The summed E-state index contributed by atoms with van der Waals surface area (Å²) in [6.07, 6.45) is 1.35. The van der Waals surface area contributed by atoms with Crippen molar-refractivity contribution < 1.29 is 14.6 Å². The maximum absolute atomic E-state index is 11.9. The van der Waals surface area contributed by atoms with Gasteiger partial charge in [0.1, 0.15) is 0 Å². The number of ether oxygens (including phenoxy) is 1. The van der Waals surface area contributed by atoms with Crippen LogP contribution in [0.2, 0.25) is 0 Å². The van der Waals surface area contributed by atoms with Crippen LogP contribution in [0.3, 0.4) is 0 Å². The fourth-order valence-corrected chi connectivity index (χ4v) is 3.14. The molecule has 0 radical (unpaired) electrons. The molecule has 2 aromatic rings. The highest BCUT2D eigenvalue weighted by molar-refractivity contribution is 9.10. The molecule has 1 heterocycles. The molecular formula is C16H17BrN4O3S. The van der Waals surface area contributed by atoms with Gasteiger partial charge in [0.05, 0.1) is 19.1 Å². The van der Waals surface area contributed by atoms with Crippen LogP contribution >= 0.6 is 27.7 Å². The summed E-state index contributed by atoms with van der Waals surface area (Å²) in [5.41, 5.74) is 4.52. The number of halogens is 1. The highest BCUT2D eigenvalue weighted by Gasteiger charge is 2.09. The summed E-state index contributed by atoms with van der Waals surface area (Å²) in [6.45, 7) is 3.75. The minimum atomic E-state index is -0.300. The molecule has 9 heteroatoms. The molecule has 25 heavy (non-hydrogen) atoms. The third kappa shape index (κ3) is 5.71. The first-order chi connectivity index (χ1) is 11.9. The Hall–Kier alpha value is -2.13. The van der Waals surface area contributed by atoms with E-state index >= 15 is 0 Å². The minimum absolute atomic E-state index is 0.0540. The summed E-state index contributed by atoms with van der Waals surface area (Å²) >= 11 is 4.54. The van der Waals surface area contributed by atoms with Crippen molar-refractivity contribution in [3.8, 4) is 11.5 Å². The minimum Gasteiger partial charge on any atom is -0.504 e. The van der Waals surface area contributed by atoms with E-state index in [2.05, 4.69) is 36.4 Å². The summed E-state index contributed by atoms with van der Waals surface area (Å²) in [5.74, 6) is 0.0884. The SMILES string of the molecule is COc1cc(Br)cc(/C=N\NC(=O)CSc2nc(C)cc(C)n2)c1O. The second kappa shape index (κ2) is 8.82. The van der Waals surface area contributed by atoms with Gasteiger partial charge in [0.25, 0.3) is 5.91 Å². The highest BCUT2D eigenvalue weighted by atomic mass is 79.9. The van der Waals surface area contributed by atoms with Crippen molar-refractivity contribution in [2.24, 2.45) is 5.10 Å². The van der Waals surface area contributed by atoms with E-state index in [0.717, 1.165) is 15.9 Å². The van der Waals surface area contributed by atoms with Crippen LogP contribution in [-0.4, -0.2) is 40.1 Å². The highest BCUT2D eigenvalue weighted by Crippen LogP contribution is 2.32. The molecule has 0 saturated heterocycles. The van der Waals surface area contributed by atoms with Gasteiger partial charge < -0.3 is 9.84 Å². The van der Waals surface area contributed by atoms with Gasteiger partial charge in [-0.05, 0) is 32.0 Å². The third-order valence-electron chi connectivity index (χ3n) is 2.98. The predicted molar refractivity (Wildman–Crippen MR) is 100 cm³/mol. The van der Waals surface area contributed by atoms with Crippen molar-refractivity contribution in [2.75, 3.05) is 12.9 Å². The van der Waals surface area contributed by atoms with Gasteiger partial charge in [-0.2, -0.15) is 5.10 Å². The first-order valence-corrected chi connectivity index (χ1v) is 9.00. The molecule has 0 spiro atoms. The van der Waals surface area contributed by atoms with Gasteiger partial charge in [0.2, 0.25) is 0 Å². The predicted octanol–water partition coefficient (Wildman–Crippen LogP) is 2.81. The van der Waals surface area contributed by atoms with E-state index in [9.17, 15) is 9.90 Å². The maximum atomic E-state index is 11.9. The molecule has 0 aliphatic rings. The molecule has 132 valence electrons. The first kappa shape index (κ1) is 19.2. The first-order valence-electron chi connectivity index (χ1n) is 7.22. The molecule has 0 unspecified atom stereocenters. The number of aromatic nitrogens is 2. The van der Waals surface area contributed by atoms with Gasteiger partial charge in [-0.15, -0.1) is 0 Å². The van der Waals surface area contributed by atoms with E-state index in [1.165, 1.54) is 25.1 Å². The number of aryl methyl sites for hydroxylation is 2. The van der Waals surface area contributed by atoms with Crippen LogP contribution in [-0.2, 0) is 4.79 Å². The Bertz CT molecular complexity index is 794. The number of hydrazone groups is 1. The molecule has 2 rings (SSSR count). The van der Waals surface area contributed by atoms with Crippen LogP contribution in [0.1, 0.15) is 17.0 Å². The normalized spacial score (nSPS) is 10.9. The Morgan fingerprint density at radius 2 is 2.04 bits per heavy atom. The lowest BCUT2D eigenvalue weighted by molar-refractivity contribution is -0.118. The second-order valence-corrected chi connectivity index (χ2v) is 6.92. The number of thioether (sulfide) groups is 1. The molecule has 1 aromatic carbocycles. The van der Waals surface area contributed by atoms with Gasteiger partial charge >= 0.3 is 0 Å². The smallest absolute Gasteiger partial charge is 0.250 e. The molecule has 0 aliphatic heterocycles. The zero-order chi connectivity index (χ0) is 18.4. The average Bonchev–Trinajstić information content (AvgIpc) is 2.55. The van der Waals surface area contributed by atoms with Crippen LogP contribution < -0.4 is 10.2 Å². The number of aromatic hydroxyl groups is 1. The molecule has 0 aliphatic carbocycles. The van der Waals surface area contributed by atoms with Crippen molar-refractivity contribution in [2.45, 2.75) is 19.0 Å². The quantitative estimate of drug-likeness (QED) is 0.320. The van der Waals surface area contributed by atoms with E-state index < -0.39 is 0 Å². The molecule has 1 aromatic heterocycles. The maximum Gasteiger partial charge on any atom is 0.250 e. The average molecular weight is 425 g/mol. The monoisotopic (exact) mass is 424 g/mol.